The summed E-state index contributed by atoms with van der Waals surface area (Å²) < 4.78 is 0. The Bertz CT molecular complexity index is 216. The molecule has 0 aliphatic heterocycles. The molecule has 0 fully saturated rings. The second kappa shape index (κ2) is 5.67. The van der Waals surface area contributed by atoms with Gasteiger partial charge in [0.1, 0.15) is 24.4 Å². The molecule has 0 aromatic carbocycles. The van der Waals surface area contributed by atoms with E-state index in [0.717, 1.165) is 0 Å². The van der Waals surface area contributed by atoms with Crippen molar-refractivity contribution in [2.45, 2.75) is 31.3 Å². The van der Waals surface area contributed by atoms with Gasteiger partial charge < -0.3 is 25.2 Å². The van der Waals surface area contributed by atoms with E-state index >= 15 is 0 Å². The Morgan fingerprint density at radius 3 is 2.08 bits per heavy atom. The Labute approximate surface area is 75.6 Å². The van der Waals surface area contributed by atoms with Crippen molar-refractivity contribution in [1.29, 1.82) is 0 Å². The minimum atomic E-state index is -1.73. The summed E-state index contributed by atoms with van der Waals surface area (Å²) in [6.45, 7) is 1.44. The molecule has 0 saturated heterocycles. The van der Waals surface area contributed by atoms with Crippen molar-refractivity contribution in [1.82, 2.24) is 0 Å². The number of carbonyl (C=O) groups is 1. The molecule has 0 aromatic heterocycles. The Kier molecular flexibility index (Phi) is 5.26. The van der Waals surface area contributed by atoms with Crippen LogP contribution in [0.15, 0.2) is 0 Å². The van der Waals surface area contributed by atoms with Crippen LogP contribution in [-0.4, -0.2) is 51.1 Å². The standard InChI is InChI=1S/C8H12O5/c1-2-3-5(10)7(12)8(13)6(11)4-9/h4-8,10-13H,1H3. The minimum absolute atomic E-state index is 0.0694. The summed E-state index contributed by atoms with van der Waals surface area (Å²) in [5.74, 6) is 4.49. The first-order valence-electron chi connectivity index (χ1n) is 3.64. The molecule has 0 radical (unpaired) electrons. The Balaban J connectivity index is 4.28. The van der Waals surface area contributed by atoms with Crippen molar-refractivity contribution in [2.75, 3.05) is 0 Å². The third kappa shape index (κ3) is 3.53. The van der Waals surface area contributed by atoms with E-state index in [2.05, 4.69) is 11.8 Å². The third-order valence-electron chi connectivity index (χ3n) is 1.45. The van der Waals surface area contributed by atoms with Crippen molar-refractivity contribution in [3.8, 4) is 11.8 Å². The molecule has 0 amide bonds. The highest BCUT2D eigenvalue weighted by Gasteiger charge is 2.28. The molecule has 0 aromatic rings. The van der Waals surface area contributed by atoms with Gasteiger partial charge in [0.15, 0.2) is 6.29 Å². The van der Waals surface area contributed by atoms with Crippen LogP contribution in [0.25, 0.3) is 0 Å². The number of rotatable bonds is 4. The number of aldehydes is 1. The molecular weight excluding hydrogens is 176 g/mol. The number of carbonyl (C=O) groups excluding carboxylic acids is 1. The summed E-state index contributed by atoms with van der Waals surface area (Å²) in [5, 5.41) is 35.9. The highest BCUT2D eigenvalue weighted by atomic mass is 16.4. The van der Waals surface area contributed by atoms with Crippen LogP contribution < -0.4 is 0 Å². The van der Waals surface area contributed by atoms with Crippen molar-refractivity contribution in [2.24, 2.45) is 0 Å². The largest absolute Gasteiger partial charge is 0.387 e. The van der Waals surface area contributed by atoms with Gasteiger partial charge in [-0.2, -0.15) is 0 Å². The molecule has 5 nitrogen and oxygen atoms in total. The average molecular weight is 188 g/mol. The topological polar surface area (TPSA) is 98.0 Å². The summed E-state index contributed by atoms with van der Waals surface area (Å²) in [6, 6.07) is 0. The van der Waals surface area contributed by atoms with E-state index in [-0.39, 0.29) is 6.29 Å². The molecule has 0 spiro atoms. The van der Waals surface area contributed by atoms with E-state index in [4.69, 9.17) is 20.4 Å². The maximum atomic E-state index is 9.99. The smallest absolute Gasteiger partial charge is 0.151 e. The summed E-state index contributed by atoms with van der Waals surface area (Å²) >= 11 is 0. The molecule has 74 valence electrons. The molecular formula is C8H12O5. The molecule has 4 atom stereocenters. The lowest BCUT2D eigenvalue weighted by Gasteiger charge is -2.20. The normalized spacial score (nSPS) is 19.2. The van der Waals surface area contributed by atoms with Crippen molar-refractivity contribution in [3.05, 3.63) is 0 Å². The lowest BCUT2D eigenvalue weighted by atomic mass is 10.0. The fourth-order valence-electron chi connectivity index (χ4n) is 0.703. The summed E-state index contributed by atoms with van der Waals surface area (Å²) in [7, 11) is 0. The second-order valence-electron chi connectivity index (χ2n) is 2.45. The minimum Gasteiger partial charge on any atom is -0.387 e. The van der Waals surface area contributed by atoms with Gasteiger partial charge in [-0.1, -0.05) is 5.92 Å². The molecule has 0 saturated carbocycles. The average Bonchev–Trinajstić information content (AvgIpc) is 2.14. The van der Waals surface area contributed by atoms with Crippen molar-refractivity contribution >= 4 is 6.29 Å². The molecule has 4 N–H and O–H groups in total. The molecule has 0 heterocycles. The van der Waals surface area contributed by atoms with Gasteiger partial charge in [-0.3, -0.25) is 0 Å². The first-order valence-corrected chi connectivity index (χ1v) is 3.64. The summed E-state index contributed by atoms with van der Waals surface area (Å²) in [5.41, 5.74) is 0. The first kappa shape index (κ1) is 12.1. The zero-order valence-electron chi connectivity index (χ0n) is 7.08. The van der Waals surface area contributed by atoms with Crippen molar-refractivity contribution in [3.63, 3.8) is 0 Å². The predicted octanol–water partition coefficient (Wildman–Crippen LogP) is -2.35. The second-order valence-corrected chi connectivity index (χ2v) is 2.45. The SMILES string of the molecule is CC#CC(O)C(O)C(O)C(O)C=O. The van der Waals surface area contributed by atoms with E-state index in [1.54, 1.807) is 0 Å². The van der Waals surface area contributed by atoms with E-state index < -0.39 is 24.4 Å². The number of hydrogen-bond acceptors (Lipinski definition) is 5. The Morgan fingerprint density at radius 1 is 1.15 bits per heavy atom. The Hall–Kier alpha value is -0.930. The van der Waals surface area contributed by atoms with Gasteiger partial charge in [0.05, 0.1) is 0 Å². The monoisotopic (exact) mass is 188 g/mol. The van der Waals surface area contributed by atoms with Gasteiger partial charge in [0.2, 0.25) is 0 Å². The molecule has 0 rings (SSSR count). The zero-order chi connectivity index (χ0) is 10.4. The molecule has 0 aliphatic rings. The maximum Gasteiger partial charge on any atom is 0.151 e. The fraction of sp³-hybridized carbons (Fsp3) is 0.625. The molecule has 0 aliphatic carbocycles. The lowest BCUT2D eigenvalue weighted by molar-refractivity contribution is -0.130. The number of aliphatic hydroxyl groups excluding tert-OH is 4. The number of aliphatic hydroxyl groups is 4. The van der Waals surface area contributed by atoms with E-state index in [1.165, 1.54) is 6.92 Å². The van der Waals surface area contributed by atoms with Gasteiger partial charge in [-0.25, -0.2) is 0 Å². The number of hydrogen-bond donors (Lipinski definition) is 4. The molecule has 13 heavy (non-hydrogen) atoms. The highest BCUT2D eigenvalue weighted by molar-refractivity contribution is 5.56. The molecule has 4 unspecified atom stereocenters. The van der Waals surface area contributed by atoms with Crippen LogP contribution in [0.1, 0.15) is 6.92 Å². The predicted molar refractivity (Wildman–Crippen MR) is 43.5 cm³/mol. The van der Waals surface area contributed by atoms with Crippen LogP contribution in [0.4, 0.5) is 0 Å². The van der Waals surface area contributed by atoms with E-state index in [9.17, 15) is 4.79 Å². The van der Waals surface area contributed by atoms with Crippen LogP contribution in [-0.2, 0) is 4.79 Å². The van der Waals surface area contributed by atoms with Crippen LogP contribution in [0, 0.1) is 11.8 Å². The van der Waals surface area contributed by atoms with E-state index in [0.29, 0.717) is 0 Å². The van der Waals surface area contributed by atoms with Gasteiger partial charge in [-0.05, 0) is 6.92 Å². The summed E-state index contributed by atoms with van der Waals surface area (Å²) in [4.78, 5) is 9.99. The maximum absolute atomic E-state index is 9.99. The molecule has 5 heteroatoms. The van der Waals surface area contributed by atoms with Crippen molar-refractivity contribution < 1.29 is 25.2 Å². The van der Waals surface area contributed by atoms with Gasteiger partial charge in [0, 0.05) is 0 Å². The molecule has 0 bridgehead atoms. The third-order valence-corrected chi connectivity index (χ3v) is 1.45. The van der Waals surface area contributed by atoms with Gasteiger partial charge in [-0.15, -0.1) is 5.92 Å². The van der Waals surface area contributed by atoms with Crippen LogP contribution in [0.5, 0.6) is 0 Å². The zero-order valence-corrected chi connectivity index (χ0v) is 7.08. The Morgan fingerprint density at radius 2 is 1.69 bits per heavy atom. The van der Waals surface area contributed by atoms with Gasteiger partial charge in [0.25, 0.3) is 0 Å². The summed E-state index contributed by atoms with van der Waals surface area (Å²) in [6.07, 6.45) is -6.51. The van der Waals surface area contributed by atoms with Crippen LogP contribution >= 0.6 is 0 Å². The lowest BCUT2D eigenvalue weighted by Crippen LogP contribution is -2.44. The van der Waals surface area contributed by atoms with Crippen LogP contribution in [0.2, 0.25) is 0 Å². The fourth-order valence-corrected chi connectivity index (χ4v) is 0.703. The first-order chi connectivity index (χ1) is 6.04. The van der Waals surface area contributed by atoms with Gasteiger partial charge >= 0.3 is 0 Å². The quantitative estimate of drug-likeness (QED) is 0.292. The highest BCUT2D eigenvalue weighted by Crippen LogP contribution is 2.02. The van der Waals surface area contributed by atoms with E-state index in [1.807, 2.05) is 0 Å². The van der Waals surface area contributed by atoms with Crippen LogP contribution in [0.3, 0.4) is 0 Å².